The van der Waals surface area contributed by atoms with Gasteiger partial charge in [0.15, 0.2) is 0 Å². The largest absolute Gasteiger partial charge is 0.418 e. The number of piperidine rings is 1. The monoisotopic (exact) mass is 381 g/mol. The summed E-state index contributed by atoms with van der Waals surface area (Å²) in [5.74, 6) is -0.0361. The Morgan fingerprint density at radius 1 is 1.26 bits per heavy atom. The fraction of sp³-hybridized carbons (Fsp3) is 0.500. The van der Waals surface area contributed by atoms with Crippen LogP contribution in [-0.4, -0.2) is 41.6 Å². The van der Waals surface area contributed by atoms with Gasteiger partial charge in [-0.15, -0.1) is 0 Å². The van der Waals surface area contributed by atoms with Gasteiger partial charge in [-0.05, 0) is 24.5 Å². The lowest BCUT2D eigenvalue weighted by molar-refractivity contribution is -0.136. The molecule has 9 heteroatoms. The molecule has 0 saturated carbocycles. The average Bonchev–Trinajstić information content (AvgIpc) is 2.59. The number of aromatic nitrogens is 2. The summed E-state index contributed by atoms with van der Waals surface area (Å²) in [4.78, 5) is 21.1. The topological polar surface area (TPSA) is 84.1 Å². The summed E-state index contributed by atoms with van der Waals surface area (Å²) in [6.07, 6.45) is -0.643. The third-order valence-electron chi connectivity index (χ3n) is 4.71. The average molecular weight is 381 g/mol. The molecule has 0 radical (unpaired) electrons. The number of carbonyl (C=O) groups is 1. The van der Waals surface area contributed by atoms with Crippen molar-refractivity contribution in [1.29, 1.82) is 0 Å². The molecular weight excluding hydrogens is 359 g/mol. The third-order valence-corrected chi connectivity index (χ3v) is 4.71. The second-order valence-electron chi connectivity index (χ2n) is 7.00. The van der Waals surface area contributed by atoms with Crippen LogP contribution < -0.4 is 16.0 Å². The molecule has 146 valence electrons. The fourth-order valence-corrected chi connectivity index (χ4v) is 3.62. The van der Waals surface area contributed by atoms with E-state index in [0.29, 0.717) is 31.2 Å². The van der Waals surface area contributed by atoms with E-state index in [-0.39, 0.29) is 29.4 Å². The predicted molar refractivity (Wildman–Crippen MR) is 96.1 cm³/mol. The Hall–Kier alpha value is -2.42. The highest BCUT2D eigenvalue weighted by Crippen LogP contribution is 2.37. The maximum Gasteiger partial charge on any atom is 0.418 e. The Kier molecular flexibility index (Phi) is 5.50. The van der Waals surface area contributed by atoms with E-state index in [1.165, 1.54) is 18.5 Å². The van der Waals surface area contributed by atoms with Crippen LogP contribution >= 0.6 is 0 Å². The smallest absolute Gasteiger partial charge is 0.370 e. The molecule has 0 bridgehead atoms. The molecule has 1 aliphatic rings. The number of fused-ring (bicyclic) bond motifs is 1. The zero-order chi connectivity index (χ0) is 19.6. The fourth-order valence-electron chi connectivity index (χ4n) is 3.62. The summed E-state index contributed by atoms with van der Waals surface area (Å²) in [6.45, 7) is 3.90. The van der Waals surface area contributed by atoms with E-state index in [4.69, 9.17) is 5.73 Å². The molecule has 0 spiro atoms. The molecule has 0 unspecified atom stereocenters. The highest BCUT2D eigenvalue weighted by molar-refractivity contribution is 5.90. The highest BCUT2D eigenvalue weighted by atomic mass is 19.4. The lowest BCUT2D eigenvalue weighted by atomic mass is 9.95. The number of hydrogen-bond donors (Lipinski definition) is 2. The maximum atomic E-state index is 13.3. The zero-order valence-electron chi connectivity index (χ0n) is 15.0. The maximum absolute atomic E-state index is 13.3. The van der Waals surface area contributed by atoms with E-state index < -0.39 is 11.7 Å². The number of hydrogen-bond acceptors (Lipinski definition) is 5. The first-order chi connectivity index (χ1) is 12.8. The molecule has 0 aliphatic carbocycles. The Bertz CT molecular complexity index is 826. The van der Waals surface area contributed by atoms with Crippen molar-refractivity contribution < 1.29 is 18.0 Å². The lowest BCUT2D eigenvalue weighted by Crippen LogP contribution is -2.49. The summed E-state index contributed by atoms with van der Waals surface area (Å²) in [6, 6.07) is 2.65. The number of alkyl halides is 3. The van der Waals surface area contributed by atoms with Crippen LogP contribution in [0.2, 0.25) is 0 Å². The molecule has 2 atom stereocenters. The third kappa shape index (κ3) is 4.47. The van der Waals surface area contributed by atoms with E-state index in [2.05, 4.69) is 22.2 Å². The van der Waals surface area contributed by atoms with Gasteiger partial charge in [0, 0.05) is 44.5 Å². The molecule has 1 amide bonds. The van der Waals surface area contributed by atoms with Crippen LogP contribution in [-0.2, 0) is 11.0 Å². The minimum atomic E-state index is -4.49. The number of benzene rings is 1. The molecule has 1 aliphatic heterocycles. The number of primary amides is 1. The number of nitrogens with two attached hydrogens (primary N) is 1. The zero-order valence-corrected chi connectivity index (χ0v) is 15.0. The summed E-state index contributed by atoms with van der Waals surface area (Å²) in [5, 5.41) is 3.31. The minimum Gasteiger partial charge on any atom is -0.370 e. The van der Waals surface area contributed by atoms with E-state index >= 15 is 0 Å². The molecule has 1 fully saturated rings. The van der Waals surface area contributed by atoms with Gasteiger partial charge in [0.2, 0.25) is 5.91 Å². The number of rotatable bonds is 5. The van der Waals surface area contributed by atoms with Gasteiger partial charge in [0.05, 0.1) is 11.3 Å². The number of halogens is 3. The van der Waals surface area contributed by atoms with Crippen molar-refractivity contribution in [3.63, 3.8) is 0 Å². The second-order valence-corrected chi connectivity index (χ2v) is 7.00. The summed E-state index contributed by atoms with van der Waals surface area (Å²) >= 11 is 0. The molecule has 3 N–H and O–H groups in total. The van der Waals surface area contributed by atoms with Crippen LogP contribution in [0.1, 0.15) is 25.3 Å². The van der Waals surface area contributed by atoms with Crippen molar-refractivity contribution in [3.05, 3.63) is 30.1 Å². The first-order valence-electron chi connectivity index (χ1n) is 8.83. The SMILES string of the molecule is C[C@@H]1C[C@H](NCCC(N)=O)CN(c2ccc(C(F)(F)F)c3nccnc23)C1. The molecule has 3 rings (SSSR count). The Morgan fingerprint density at radius 2 is 1.96 bits per heavy atom. The van der Waals surface area contributed by atoms with Crippen LogP contribution in [0.4, 0.5) is 18.9 Å². The minimum absolute atomic E-state index is 0.113. The summed E-state index contributed by atoms with van der Waals surface area (Å²) in [5.41, 5.74) is 5.13. The second kappa shape index (κ2) is 7.67. The van der Waals surface area contributed by atoms with Crippen LogP contribution in [0, 0.1) is 5.92 Å². The first kappa shape index (κ1) is 19.3. The molecule has 1 aromatic carbocycles. The van der Waals surface area contributed by atoms with Crippen LogP contribution in [0.25, 0.3) is 11.0 Å². The predicted octanol–water partition coefficient (Wildman–Crippen LogP) is 2.33. The number of nitrogens with one attached hydrogen (secondary N) is 1. The van der Waals surface area contributed by atoms with Crippen molar-refractivity contribution in [2.45, 2.75) is 32.0 Å². The van der Waals surface area contributed by atoms with Gasteiger partial charge in [-0.2, -0.15) is 13.2 Å². The molecule has 1 saturated heterocycles. The highest BCUT2D eigenvalue weighted by Gasteiger charge is 2.35. The standard InChI is InChI=1S/C18H22F3N5O/c1-11-8-12(23-5-4-15(22)27)10-26(9-11)14-3-2-13(18(19,20)21)16-17(14)25-7-6-24-16/h2-3,6-7,11-12,23H,4-5,8-10H2,1H3,(H2,22,27)/t11-,12+/m1/s1. The van der Waals surface area contributed by atoms with Gasteiger partial charge in [0.1, 0.15) is 11.0 Å². The van der Waals surface area contributed by atoms with Crippen molar-refractivity contribution in [1.82, 2.24) is 15.3 Å². The van der Waals surface area contributed by atoms with Gasteiger partial charge in [-0.25, -0.2) is 0 Å². The first-order valence-corrected chi connectivity index (χ1v) is 8.83. The molecule has 2 aromatic rings. The van der Waals surface area contributed by atoms with E-state index in [9.17, 15) is 18.0 Å². The molecule has 27 heavy (non-hydrogen) atoms. The van der Waals surface area contributed by atoms with Crippen molar-refractivity contribution in [2.24, 2.45) is 11.7 Å². The van der Waals surface area contributed by atoms with Gasteiger partial charge in [0.25, 0.3) is 0 Å². The summed E-state index contributed by atoms with van der Waals surface area (Å²) in [7, 11) is 0. The Morgan fingerprint density at radius 3 is 2.63 bits per heavy atom. The number of carbonyl (C=O) groups excluding carboxylic acids is 1. The summed E-state index contributed by atoms with van der Waals surface area (Å²) < 4.78 is 39.9. The molecular formula is C18H22F3N5O. The number of anilines is 1. The Balaban J connectivity index is 1.89. The van der Waals surface area contributed by atoms with Crippen molar-refractivity contribution >= 4 is 22.6 Å². The molecule has 2 heterocycles. The quantitative estimate of drug-likeness (QED) is 0.831. The van der Waals surface area contributed by atoms with Gasteiger partial charge in [-0.1, -0.05) is 6.92 Å². The molecule has 6 nitrogen and oxygen atoms in total. The van der Waals surface area contributed by atoms with Crippen molar-refractivity contribution in [3.8, 4) is 0 Å². The van der Waals surface area contributed by atoms with Gasteiger partial charge >= 0.3 is 6.18 Å². The van der Waals surface area contributed by atoms with E-state index in [0.717, 1.165) is 12.5 Å². The van der Waals surface area contributed by atoms with Gasteiger partial charge in [-0.3, -0.25) is 14.8 Å². The normalized spacial score (nSPS) is 20.8. The van der Waals surface area contributed by atoms with E-state index in [1.54, 1.807) is 0 Å². The van der Waals surface area contributed by atoms with E-state index in [1.807, 2.05) is 4.90 Å². The number of nitrogens with zero attached hydrogens (tertiary/aromatic N) is 3. The van der Waals surface area contributed by atoms with Crippen LogP contribution in [0.5, 0.6) is 0 Å². The van der Waals surface area contributed by atoms with Gasteiger partial charge < -0.3 is 16.0 Å². The number of amides is 1. The lowest BCUT2D eigenvalue weighted by Gasteiger charge is -2.38. The van der Waals surface area contributed by atoms with Crippen LogP contribution in [0.3, 0.4) is 0 Å². The van der Waals surface area contributed by atoms with Crippen molar-refractivity contribution in [2.75, 3.05) is 24.5 Å². The molecule has 1 aromatic heterocycles. The Labute approximate surface area is 155 Å². The van der Waals surface area contributed by atoms with Crippen LogP contribution in [0.15, 0.2) is 24.5 Å².